The molecule has 12 heteroatoms. The fraction of sp³-hybridized carbons (Fsp3) is 0.0930. The number of fused-ring (bicyclic) bond motifs is 14. The number of halogens is 4. The summed E-state index contributed by atoms with van der Waals surface area (Å²) < 4.78 is 70.0. The zero-order valence-electron chi connectivity index (χ0n) is 54.8. The quantitative estimate of drug-likeness (QED) is 0.122. The molecular formula is C86H62B2F4N6. The molecule has 0 spiro atoms. The van der Waals surface area contributed by atoms with Crippen molar-refractivity contribution >= 4 is 158 Å². The minimum Gasteiger partial charge on any atom is -0.311 e. The zero-order chi connectivity index (χ0) is 66.4. The number of rotatable bonds is 6. The Labute approximate surface area is 566 Å². The molecule has 470 valence electrons. The number of benzene rings is 13. The van der Waals surface area contributed by atoms with Crippen LogP contribution in [0.4, 0.5) is 85.8 Å². The molecule has 0 aliphatic carbocycles. The number of nitrogens with zero attached hydrogens (tertiary/aromatic N) is 6. The summed E-state index contributed by atoms with van der Waals surface area (Å²) in [6, 6.07) is 89.9. The summed E-state index contributed by atoms with van der Waals surface area (Å²) in [4.78, 5) is 8.79. The van der Waals surface area contributed by atoms with Crippen molar-refractivity contribution in [2.75, 3.05) is 19.6 Å². The van der Waals surface area contributed by atoms with E-state index in [1.807, 2.05) is 34.1 Å². The molecule has 19 rings (SSSR count). The molecule has 0 unspecified atom stereocenters. The van der Waals surface area contributed by atoms with Gasteiger partial charge in [0.25, 0.3) is 13.4 Å². The van der Waals surface area contributed by atoms with E-state index in [1.165, 1.54) is 23.3 Å². The monoisotopic (exact) mass is 1280 g/mol. The van der Waals surface area contributed by atoms with E-state index < -0.39 is 36.7 Å². The van der Waals surface area contributed by atoms with Crippen LogP contribution in [-0.4, -0.2) is 22.6 Å². The second-order valence-corrected chi connectivity index (χ2v) is 28.6. The summed E-state index contributed by atoms with van der Waals surface area (Å²) >= 11 is 0. The lowest BCUT2D eigenvalue weighted by atomic mass is 9.30. The SMILES string of the molecule is CC(C)(C)c1ccc2c(c1)c1ccccc1n2-c1cc2c3c(c1)N(c1ccc(F)cc1F)c1ccccc1B3c1cc3c(cc1N2c1ccccc1)N(c1ccccc1)c1cc(-n2c4ccccc4c4cc(C(C)(C)C)ccc42)cc2c1B3c1ccccc1N2c1ccc(F)cc1F. The van der Waals surface area contributed by atoms with E-state index in [0.29, 0.717) is 0 Å². The first-order valence-corrected chi connectivity index (χ1v) is 33.6. The lowest BCUT2D eigenvalue weighted by Crippen LogP contribution is -2.65. The van der Waals surface area contributed by atoms with E-state index >= 15 is 17.6 Å². The minimum absolute atomic E-state index is 0.117. The predicted octanol–water partition coefficient (Wildman–Crippen LogP) is 19.2. The van der Waals surface area contributed by atoms with Gasteiger partial charge in [-0.3, -0.25) is 0 Å². The summed E-state index contributed by atoms with van der Waals surface area (Å²) in [5.41, 5.74) is 22.8. The van der Waals surface area contributed by atoms with Crippen LogP contribution in [0, 0.1) is 23.3 Å². The molecule has 0 fully saturated rings. The van der Waals surface area contributed by atoms with Gasteiger partial charge in [-0.05, 0) is 182 Å². The average molecular weight is 1280 g/mol. The Kier molecular flexibility index (Phi) is 12.4. The van der Waals surface area contributed by atoms with Gasteiger partial charge in [-0.15, -0.1) is 0 Å². The van der Waals surface area contributed by atoms with E-state index in [2.05, 4.69) is 267 Å². The van der Waals surface area contributed by atoms with Crippen molar-refractivity contribution in [1.82, 2.24) is 9.13 Å². The van der Waals surface area contributed by atoms with Crippen molar-refractivity contribution in [2.24, 2.45) is 0 Å². The molecule has 4 aliphatic heterocycles. The van der Waals surface area contributed by atoms with Crippen molar-refractivity contribution in [3.05, 3.63) is 301 Å². The molecule has 2 aromatic heterocycles. The second kappa shape index (κ2) is 21.0. The van der Waals surface area contributed by atoms with Gasteiger partial charge < -0.3 is 28.7 Å². The van der Waals surface area contributed by atoms with Crippen molar-refractivity contribution in [3.63, 3.8) is 0 Å². The number of para-hydroxylation sites is 6. The van der Waals surface area contributed by atoms with Crippen molar-refractivity contribution < 1.29 is 17.6 Å². The first kappa shape index (κ1) is 57.9. The van der Waals surface area contributed by atoms with Crippen molar-refractivity contribution in [3.8, 4) is 11.4 Å². The van der Waals surface area contributed by atoms with Gasteiger partial charge in [-0.1, -0.05) is 169 Å². The van der Waals surface area contributed by atoms with Gasteiger partial charge in [0.05, 0.1) is 44.8 Å². The van der Waals surface area contributed by atoms with E-state index in [1.54, 1.807) is 12.1 Å². The topological polar surface area (TPSA) is 22.8 Å². The molecule has 6 heterocycles. The lowest BCUT2D eigenvalue weighted by Gasteiger charge is -2.47. The van der Waals surface area contributed by atoms with Crippen LogP contribution in [0.15, 0.2) is 267 Å². The molecule has 15 aromatic rings. The molecule has 0 saturated carbocycles. The fourth-order valence-electron chi connectivity index (χ4n) is 16.6. The van der Waals surface area contributed by atoms with Gasteiger partial charge in [-0.25, -0.2) is 17.6 Å². The van der Waals surface area contributed by atoms with Crippen molar-refractivity contribution in [1.29, 1.82) is 0 Å². The molecule has 98 heavy (non-hydrogen) atoms. The van der Waals surface area contributed by atoms with Gasteiger partial charge in [0.1, 0.15) is 23.3 Å². The van der Waals surface area contributed by atoms with Crippen molar-refractivity contribution in [2.45, 2.75) is 52.4 Å². The Hall–Kier alpha value is -11.5. The number of aromatic nitrogens is 2. The zero-order valence-corrected chi connectivity index (χ0v) is 54.8. The van der Waals surface area contributed by atoms with Crippen LogP contribution >= 0.6 is 0 Å². The van der Waals surface area contributed by atoms with E-state index in [0.717, 1.165) is 157 Å². The number of hydrogen-bond donors (Lipinski definition) is 0. The van der Waals surface area contributed by atoms with Crippen LogP contribution in [0.3, 0.4) is 0 Å². The maximum absolute atomic E-state index is 17.3. The smallest absolute Gasteiger partial charge is 0.252 e. The van der Waals surface area contributed by atoms with Gasteiger partial charge in [0.2, 0.25) is 0 Å². The number of anilines is 12. The first-order valence-electron chi connectivity index (χ1n) is 33.6. The van der Waals surface area contributed by atoms with Gasteiger partial charge in [-0.2, -0.15) is 0 Å². The average Bonchev–Trinajstić information content (AvgIpc) is 0.845. The van der Waals surface area contributed by atoms with Crippen LogP contribution in [0.25, 0.3) is 55.0 Å². The summed E-state index contributed by atoms with van der Waals surface area (Å²) in [5, 5.41) is 4.46. The highest BCUT2D eigenvalue weighted by molar-refractivity contribution is 7.03. The Bertz CT molecular complexity index is 5550. The maximum atomic E-state index is 17.3. The van der Waals surface area contributed by atoms with Gasteiger partial charge in [0, 0.05) is 90.6 Å². The normalized spacial score (nSPS) is 13.7. The molecule has 0 saturated heterocycles. The lowest BCUT2D eigenvalue weighted by molar-refractivity contribution is 0.583. The van der Waals surface area contributed by atoms with E-state index in [-0.39, 0.29) is 22.2 Å². The molecule has 0 radical (unpaired) electrons. The third kappa shape index (κ3) is 8.42. The largest absolute Gasteiger partial charge is 0.311 e. The Morgan fingerprint density at radius 2 is 0.622 bits per heavy atom. The third-order valence-electron chi connectivity index (χ3n) is 21.0. The molecule has 0 amide bonds. The predicted molar refractivity (Wildman–Crippen MR) is 400 cm³/mol. The Morgan fingerprint density at radius 1 is 0.255 bits per heavy atom. The standard InChI is InChI=1S/C86H62B2F4N6/c1-85(2,3)51-33-37-71-61(41-51)59-25-13-17-29-69(59)95(71)57-45-79-83-81(47-57)97(75-39-35-53(89)43-67(75)91)73-31-19-15-27-63(73)87(83)65-49-66-78(50-77(65)93(79)55-21-9-7-10-22-55)94(56-23-11-8-12-24-56)80-46-58(96-70-30-18-14-26-60(70)62-42-52(86(4,5)6)34-38-72(62)96)48-82-84(80)88(66)64-28-16-20-32-74(64)98(82)76-40-36-54(90)44-68(76)92/h7-50H,1-6H3. The maximum Gasteiger partial charge on any atom is 0.252 e. The Morgan fingerprint density at radius 3 is 1.03 bits per heavy atom. The minimum atomic E-state index is -0.689. The summed E-state index contributed by atoms with van der Waals surface area (Å²) in [5.74, 6) is -2.71. The van der Waals surface area contributed by atoms with Crippen LogP contribution in [0.1, 0.15) is 52.7 Å². The molecule has 0 atom stereocenters. The molecule has 4 aliphatic rings. The van der Waals surface area contributed by atoms with Gasteiger partial charge in [0.15, 0.2) is 0 Å². The van der Waals surface area contributed by atoms with Crippen LogP contribution in [0.2, 0.25) is 0 Å². The second-order valence-electron chi connectivity index (χ2n) is 28.6. The van der Waals surface area contributed by atoms with E-state index in [4.69, 9.17) is 0 Å². The fourth-order valence-corrected chi connectivity index (χ4v) is 16.6. The van der Waals surface area contributed by atoms with E-state index in [9.17, 15) is 0 Å². The molecule has 0 bridgehead atoms. The van der Waals surface area contributed by atoms with Crippen LogP contribution < -0.4 is 52.4 Å². The molecule has 6 nitrogen and oxygen atoms in total. The first-order chi connectivity index (χ1) is 47.6. The van der Waals surface area contributed by atoms with Crippen LogP contribution in [0.5, 0.6) is 0 Å². The highest BCUT2D eigenvalue weighted by Gasteiger charge is 2.49. The molecule has 0 N–H and O–H groups in total. The summed E-state index contributed by atoms with van der Waals surface area (Å²) in [7, 11) is 0. The van der Waals surface area contributed by atoms with Crippen LogP contribution in [-0.2, 0) is 10.8 Å². The third-order valence-corrected chi connectivity index (χ3v) is 21.0. The van der Waals surface area contributed by atoms with Gasteiger partial charge >= 0.3 is 0 Å². The summed E-state index contributed by atoms with van der Waals surface area (Å²) in [6.45, 7) is 12.6. The highest BCUT2D eigenvalue weighted by Crippen LogP contribution is 2.52. The Balaban J connectivity index is 0.942. The number of hydrogen-bond acceptors (Lipinski definition) is 4. The molecular weight excluding hydrogens is 1210 g/mol. The highest BCUT2D eigenvalue weighted by atomic mass is 19.1. The molecule has 13 aromatic carbocycles. The summed E-state index contributed by atoms with van der Waals surface area (Å²) in [6.07, 6.45) is 0.